The number of halogens is 5. The van der Waals surface area contributed by atoms with Crippen LogP contribution in [0.5, 0.6) is 0 Å². The van der Waals surface area contributed by atoms with E-state index in [0.717, 1.165) is 11.1 Å². The molecule has 4 rings (SSSR count). The second-order valence-corrected chi connectivity index (χ2v) is 8.82. The molecule has 0 spiro atoms. The third-order valence-corrected chi connectivity index (χ3v) is 6.08. The van der Waals surface area contributed by atoms with Crippen LogP contribution in [0.25, 0.3) is 0 Å². The standard InChI is InChI=1S/C13H14ClF2NO2.C12H15F2NO/c14-12(18)17-7-6-13(15,16)11(8-17)19-9-10-4-2-1-3-5-10;13-12(14)6-7-15-8-11(12)16-9-10-4-2-1-3-5-10/h1-5,11H,6-9H2;1-5,11,15H,6-9H2. The summed E-state index contributed by atoms with van der Waals surface area (Å²) in [5, 5.41) is 2.20. The lowest BCUT2D eigenvalue weighted by Gasteiger charge is -2.37. The highest BCUT2D eigenvalue weighted by Crippen LogP contribution is 2.31. The molecule has 2 atom stereocenters. The van der Waals surface area contributed by atoms with E-state index in [0.29, 0.717) is 6.54 Å². The van der Waals surface area contributed by atoms with Gasteiger partial charge in [0.15, 0.2) is 0 Å². The maximum atomic E-state index is 13.7. The zero-order valence-corrected chi connectivity index (χ0v) is 19.9. The van der Waals surface area contributed by atoms with Gasteiger partial charge >= 0.3 is 5.37 Å². The number of nitrogens with zero attached hydrogens (tertiary/aromatic N) is 1. The summed E-state index contributed by atoms with van der Waals surface area (Å²) in [7, 11) is 0. The van der Waals surface area contributed by atoms with Gasteiger partial charge in [0.1, 0.15) is 12.2 Å². The molecule has 1 amide bonds. The fourth-order valence-corrected chi connectivity index (χ4v) is 3.88. The van der Waals surface area contributed by atoms with Crippen LogP contribution in [0.2, 0.25) is 0 Å². The minimum atomic E-state index is -2.93. The summed E-state index contributed by atoms with van der Waals surface area (Å²) in [5.74, 6) is -5.64. The number of ether oxygens (including phenoxy) is 2. The third kappa shape index (κ3) is 8.45. The van der Waals surface area contributed by atoms with Crippen molar-refractivity contribution in [2.45, 2.75) is 50.1 Å². The lowest BCUT2D eigenvalue weighted by Crippen LogP contribution is -2.52. The van der Waals surface area contributed by atoms with Crippen LogP contribution >= 0.6 is 11.6 Å². The second-order valence-electron chi connectivity index (χ2n) is 8.50. The van der Waals surface area contributed by atoms with Crippen molar-refractivity contribution in [3.63, 3.8) is 0 Å². The molecule has 2 aliphatic rings. The number of hydrogen-bond acceptors (Lipinski definition) is 4. The van der Waals surface area contributed by atoms with E-state index in [1.165, 1.54) is 4.90 Å². The van der Waals surface area contributed by atoms with E-state index in [9.17, 15) is 22.4 Å². The Balaban J connectivity index is 0.000000198. The van der Waals surface area contributed by atoms with E-state index in [4.69, 9.17) is 21.1 Å². The van der Waals surface area contributed by atoms with Crippen molar-refractivity contribution in [2.75, 3.05) is 26.2 Å². The normalized spacial score (nSPS) is 23.2. The first kappa shape index (κ1) is 27.4. The highest BCUT2D eigenvalue weighted by Gasteiger charge is 2.46. The Bertz CT molecular complexity index is 921. The summed E-state index contributed by atoms with van der Waals surface area (Å²) in [6.07, 6.45) is -2.90. The summed E-state index contributed by atoms with van der Waals surface area (Å²) in [5.41, 5.74) is 1.73. The molecule has 2 aromatic carbocycles. The van der Waals surface area contributed by atoms with Crippen LogP contribution in [0.15, 0.2) is 60.7 Å². The Morgan fingerprint density at radius 2 is 1.40 bits per heavy atom. The molecule has 2 aliphatic heterocycles. The SMILES string of the molecule is FC1(F)CCNCC1OCc1ccccc1.O=C(Cl)N1CCC(F)(F)C(OCc2ccccc2)C1. The molecule has 0 bridgehead atoms. The summed E-state index contributed by atoms with van der Waals surface area (Å²) >= 11 is 5.32. The van der Waals surface area contributed by atoms with E-state index >= 15 is 0 Å². The number of alkyl halides is 4. The average Bonchev–Trinajstić information content (AvgIpc) is 2.84. The molecule has 2 unspecified atom stereocenters. The fourth-order valence-electron chi connectivity index (χ4n) is 3.73. The maximum absolute atomic E-state index is 13.7. The van der Waals surface area contributed by atoms with E-state index < -0.39 is 35.8 Å². The number of nitrogens with one attached hydrogen (secondary N) is 1. The molecule has 2 heterocycles. The van der Waals surface area contributed by atoms with E-state index in [2.05, 4.69) is 5.32 Å². The molecule has 5 nitrogen and oxygen atoms in total. The van der Waals surface area contributed by atoms with Crippen molar-refractivity contribution in [2.24, 2.45) is 0 Å². The Kier molecular flexibility index (Phi) is 9.91. The highest BCUT2D eigenvalue weighted by molar-refractivity contribution is 6.62. The first-order valence-electron chi connectivity index (χ1n) is 11.4. The van der Waals surface area contributed by atoms with Gasteiger partial charge in [-0.2, -0.15) is 0 Å². The molecule has 0 aliphatic carbocycles. The molecule has 2 aromatic rings. The van der Waals surface area contributed by atoms with Crippen LogP contribution in [0, 0.1) is 0 Å². The highest BCUT2D eigenvalue weighted by atomic mass is 35.5. The first-order valence-corrected chi connectivity index (χ1v) is 11.8. The molecule has 2 fully saturated rings. The summed E-state index contributed by atoms with van der Waals surface area (Å²) in [6, 6.07) is 18.4. The number of carbonyl (C=O) groups excluding carboxylic acids is 1. The second kappa shape index (κ2) is 12.7. The van der Waals surface area contributed by atoms with Crippen LogP contribution in [0.1, 0.15) is 24.0 Å². The molecule has 0 radical (unpaired) electrons. The minimum absolute atomic E-state index is 0.0411. The predicted octanol–water partition coefficient (Wildman–Crippen LogP) is 5.47. The maximum Gasteiger partial charge on any atom is 0.316 e. The van der Waals surface area contributed by atoms with Gasteiger partial charge in [0.05, 0.1) is 19.8 Å². The quantitative estimate of drug-likeness (QED) is 0.314. The predicted molar refractivity (Wildman–Crippen MR) is 125 cm³/mol. The summed E-state index contributed by atoms with van der Waals surface area (Å²) in [6.45, 7) is 0.689. The van der Waals surface area contributed by atoms with Gasteiger partial charge in [0.25, 0.3) is 11.8 Å². The van der Waals surface area contributed by atoms with Crippen molar-refractivity contribution in [1.29, 1.82) is 0 Å². The molecule has 0 saturated carbocycles. The number of hydrogen-bond donors (Lipinski definition) is 1. The molecule has 192 valence electrons. The average molecular weight is 517 g/mol. The van der Waals surface area contributed by atoms with Crippen LogP contribution in [0.4, 0.5) is 22.4 Å². The van der Waals surface area contributed by atoms with Crippen LogP contribution in [-0.2, 0) is 22.7 Å². The Labute approximate surface area is 207 Å². The summed E-state index contributed by atoms with van der Waals surface area (Å²) in [4.78, 5) is 12.2. The van der Waals surface area contributed by atoms with Gasteiger partial charge in [-0.25, -0.2) is 17.6 Å². The van der Waals surface area contributed by atoms with Crippen molar-refractivity contribution in [3.8, 4) is 0 Å². The fraction of sp³-hybridized carbons (Fsp3) is 0.480. The molecule has 35 heavy (non-hydrogen) atoms. The van der Waals surface area contributed by atoms with Crippen LogP contribution in [0.3, 0.4) is 0 Å². The number of carbonyl (C=O) groups is 1. The molecular weight excluding hydrogens is 488 g/mol. The molecular formula is C25H29ClF4N2O3. The van der Waals surface area contributed by atoms with E-state index in [1.807, 2.05) is 48.5 Å². The van der Waals surface area contributed by atoms with Crippen molar-refractivity contribution in [3.05, 3.63) is 71.8 Å². The minimum Gasteiger partial charge on any atom is -0.366 e. The lowest BCUT2D eigenvalue weighted by molar-refractivity contribution is -0.169. The monoisotopic (exact) mass is 516 g/mol. The largest absolute Gasteiger partial charge is 0.366 e. The van der Waals surface area contributed by atoms with Gasteiger partial charge in [0.2, 0.25) is 0 Å². The van der Waals surface area contributed by atoms with Crippen molar-refractivity contribution >= 4 is 17.0 Å². The number of piperidine rings is 2. The van der Waals surface area contributed by atoms with Crippen molar-refractivity contribution in [1.82, 2.24) is 10.2 Å². The Morgan fingerprint density at radius 3 is 1.91 bits per heavy atom. The third-order valence-electron chi connectivity index (χ3n) is 5.84. The smallest absolute Gasteiger partial charge is 0.316 e. The molecule has 0 aromatic heterocycles. The number of rotatable bonds is 6. The van der Waals surface area contributed by atoms with Gasteiger partial charge in [-0.05, 0) is 22.7 Å². The molecule has 10 heteroatoms. The lowest BCUT2D eigenvalue weighted by atomic mass is 10.0. The number of benzene rings is 2. The molecule has 2 saturated heterocycles. The van der Waals surface area contributed by atoms with Gasteiger partial charge in [-0.15, -0.1) is 0 Å². The number of amides is 1. The van der Waals surface area contributed by atoms with E-state index in [-0.39, 0.29) is 39.3 Å². The molecule has 1 N–H and O–H groups in total. The van der Waals surface area contributed by atoms with Gasteiger partial charge in [-0.1, -0.05) is 60.7 Å². The zero-order chi connectivity index (χ0) is 25.3. The Morgan fingerprint density at radius 1 is 0.886 bits per heavy atom. The Hall–Kier alpha value is -2.20. The van der Waals surface area contributed by atoms with E-state index in [1.54, 1.807) is 12.1 Å². The van der Waals surface area contributed by atoms with Gasteiger partial charge in [0, 0.05) is 32.5 Å². The first-order chi connectivity index (χ1) is 16.7. The van der Waals surface area contributed by atoms with Gasteiger partial charge in [-0.3, -0.25) is 4.79 Å². The van der Waals surface area contributed by atoms with Crippen molar-refractivity contribution < 1.29 is 31.8 Å². The van der Waals surface area contributed by atoms with Crippen LogP contribution < -0.4 is 5.32 Å². The topological polar surface area (TPSA) is 50.8 Å². The zero-order valence-electron chi connectivity index (χ0n) is 19.1. The number of likely N-dealkylation sites (tertiary alicyclic amines) is 1. The summed E-state index contributed by atoms with van der Waals surface area (Å²) < 4.78 is 64.8. The van der Waals surface area contributed by atoms with Gasteiger partial charge < -0.3 is 19.7 Å². The van der Waals surface area contributed by atoms with Crippen LogP contribution in [-0.4, -0.2) is 60.5 Å².